The molecule has 0 saturated carbocycles. The van der Waals surface area contributed by atoms with Gasteiger partial charge in [-0.25, -0.2) is 9.50 Å². The van der Waals surface area contributed by atoms with Crippen LogP contribution in [0, 0.1) is 0 Å². The van der Waals surface area contributed by atoms with E-state index in [4.69, 9.17) is 22.3 Å². The largest absolute Gasteiger partial charge is 0.366 e. The van der Waals surface area contributed by atoms with Crippen molar-refractivity contribution in [3.8, 4) is 22.5 Å². The van der Waals surface area contributed by atoms with Crippen LogP contribution < -0.4 is 5.73 Å². The van der Waals surface area contributed by atoms with Crippen LogP contribution >= 0.6 is 11.6 Å². The Morgan fingerprint density at radius 3 is 2.52 bits per heavy atom. The first-order chi connectivity index (χ1) is 11.1. The summed E-state index contributed by atoms with van der Waals surface area (Å²) in [7, 11) is 1.85. The van der Waals surface area contributed by atoms with Gasteiger partial charge in [-0.05, 0) is 12.1 Å². The molecular weight excluding hydrogens is 314 g/mol. The third kappa shape index (κ3) is 2.40. The second kappa shape index (κ2) is 5.06. The number of nitrogen functional groups attached to an aromatic ring is 1. The number of nitrogens with zero attached hydrogens (tertiary/aromatic N) is 6. The van der Waals surface area contributed by atoms with Crippen molar-refractivity contribution in [1.29, 1.82) is 0 Å². The summed E-state index contributed by atoms with van der Waals surface area (Å²) < 4.78 is 3.34. The van der Waals surface area contributed by atoms with Crippen molar-refractivity contribution < 1.29 is 0 Å². The highest BCUT2D eigenvalue weighted by Crippen LogP contribution is 2.26. The van der Waals surface area contributed by atoms with E-state index in [-0.39, 0.29) is 5.95 Å². The molecule has 2 N–H and O–H groups in total. The van der Waals surface area contributed by atoms with E-state index in [1.54, 1.807) is 21.6 Å². The maximum absolute atomic E-state index is 5.95. The summed E-state index contributed by atoms with van der Waals surface area (Å²) in [6.45, 7) is 0. The molecule has 8 heteroatoms. The summed E-state index contributed by atoms with van der Waals surface area (Å²) in [4.78, 5) is 8.98. The zero-order valence-corrected chi connectivity index (χ0v) is 12.9. The van der Waals surface area contributed by atoms with Crippen molar-refractivity contribution >= 4 is 23.2 Å². The number of hydrogen-bond acceptors (Lipinski definition) is 5. The standard InChI is InChI=1S/C15H12ClN7/c1-22-7-10(6-18-22)13-14-20-15(17)21-23(14)8-12(19-13)9-2-4-11(16)5-3-9/h2-8H,1H3,(H2,17,21). The molecule has 0 aliphatic rings. The molecule has 4 rings (SSSR count). The average molecular weight is 326 g/mol. The molecule has 0 fully saturated rings. The first-order valence-electron chi connectivity index (χ1n) is 6.88. The molecule has 0 radical (unpaired) electrons. The Bertz CT molecular complexity index is 1000. The van der Waals surface area contributed by atoms with Crippen LogP contribution in [0.2, 0.25) is 5.02 Å². The second-order valence-corrected chi connectivity index (χ2v) is 5.56. The molecule has 0 amide bonds. The fraction of sp³-hybridized carbons (Fsp3) is 0.0667. The van der Waals surface area contributed by atoms with Gasteiger partial charge in [0.25, 0.3) is 0 Å². The molecule has 4 aromatic rings. The third-order valence-electron chi connectivity index (χ3n) is 3.45. The second-order valence-electron chi connectivity index (χ2n) is 5.12. The molecule has 23 heavy (non-hydrogen) atoms. The fourth-order valence-corrected chi connectivity index (χ4v) is 2.53. The number of fused-ring (bicyclic) bond motifs is 1. The lowest BCUT2D eigenvalue weighted by Crippen LogP contribution is -1.97. The summed E-state index contributed by atoms with van der Waals surface area (Å²) in [5.74, 6) is 0.199. The molecule has 0 aliphatic carbocycles. The Morgan fingerprint density at radius 1 is 1.04 bits per heavy atom. The van der Waals surface area contributed by atoms with Crippen molar-refractivity contribution in [2.75, 3.05) is 5.73 Å². The quantitative estimate of drug-likeness (QED) is 0.611. The zero-order valence-electron chi connectivity index (χ0n) is 12.2. The first kappa shape index (κ1) is 13.7. The van der Waals surface area contributed by atoms with E-state index in [1.165, 1.54) is 0 Å². The van der Waals surface area contributed by atoms with Gasteiger partial charge in [0.15, 0.2) is 5.65 Å². The Balaban J connectivity index is 1.98. The maximum atomic E-state index is 5.95. The number of aryl methyl sites for hydroxylation is 1. The van der Waals surface area contributed by atoms with Gasteiger partial charge in [0.05, 0.1) is 18.1 Å². The van der Waals surface area contributed by atoms with E-state index in [0.29, 0.717) is 16.4 Å². The molecule has 114 valence electrons. The van der Waals surface area contributed by atoms with E-state index in [2.05, 4.69) is 15.2 Å². The van der Waals surface area contributed by atoms with Crippen LogP contribution in [0.4, 0.5) is 5.95 Å². The molecule has 0 saturated heterocycles. The monoisotopic (exact) mass is 325 g/mol. The van der Waals surface area contributed by atoms with E-state index < -0.39 is 0 Å². The van der Waals surface area contributed by atoms with Crippen LogP contribution in [0.3, 0.4) is 0 Å². The normalized spacial score (nSPS) is 11.2. The first-order valence-corrected chi connectivity index (χ1v) is 7.26. The van der Waals surface area contributed by atoms with Crippen molar-refractivity contribution in [2.45, 2.75) is 0 Å². The third-order valence-corrected chi connectivity index (χ3v) is 3.71. The highest BCUT2D eigenvalue weighted by molar-refractivity contribution is 6.30. The van der Waals surface area contributed by atoms with Gasteiger partial charge < -0.3 is 5.73 Å². The van der Waals surface area contributed by atoms with Crippen molar-refractivity contribution in [2.24, 2.45) is 7.05 Å². The van der Waals surface area contributed by atoms with Crippen molar-refractivity contribution in [1.82, 2.24) is 29.4 Å². The van der Waals surface area contributed by atoms with Crippen LogP contribution in [0.5, 0.6) is 0 Å². The minimum Gasteiger partial charge on any atom is -0.366 e. The van der Waals surface area contributed by atoms with Crippen molar-refractivity contribution in [3.63, 3.8) is 0 Å². The number of rotatable bonds is 2. The maximum Gasteiger partial charge on any atom is 0.240 e. The van der Waals surface area contributed by atoms with Crippen LogP contribution in [-0.4, -0.2) is 29.4 Å². The van der Waals surface area contributed by atoms with Gasteiger partial charge in [-0.3, -0.25) is 4.68 Å². The molecule has 7 nitrogen and oxygen atoms in total. The lowest BCUT2D eigenvalue weighted by atomic mass is 10.1. The Kier molecular flexibility index (Phi) is 3.02. The Morgan fingerprint density at radius 2 is 1.83 bits per heavy atom. The molecule has 0 unspecified atom stereocenters. The smallest absolute Gasteiger partial charge is 0.240 e. The summed E-state index contributed by atoms with van der Waals surface area (Å²) in [5, 5.41) is 9.06. The van der Waals surface area contributed by atoms with Gasteiger partial charge in [0, 0.05) is 29.4 Å². The van der Waals surface area contributed by atoms with Crippen LogP contribution in [0.15, 0.2) is 42.9 Å². The van der Waals surface area contributed by atoms with Crippen LogP contribution in [0.1, 0.15) is 0 Å². The van der Waals surface area contributed by atoms with E-state index in [0.717, 1.165) is 16.8 Å². The molecular formula is C15H12ClN7. The molecule has 0 spiro atoms. The Labute approximate surface area is 136 Å². The number of halogens is 1. The summed E-state index contributed by atoms with van der Waals surface area (Å²) in [6, 6.07) is 7.46. The molecule has 1 aromatic carbocycles. The molecule has 3 heterocycles. The minimum atomic E-state index is 0.199. The predicted molar refractivity (Wildman–Crippen MR) is 87.8 cm³/mol. The van der Waals surface area contributed by atoms with Gasteiger partial charge in [0.1, 0.15) is 5.69 Å². The number of nitrogens with two attached hydrogens (primary N) is 1. The molecule has 0 bridgehead atoms. The zero-order chi connectivity index (χ0) is 16.0. The summed E-state index contributed by atoms with van der Waals surface area (Å²) in [5.41, 5.74) is 9.53. The minimum absolute atomic E-state index is 0.199. The highest BCUT2D eigenvalue weighted by atomic mass is 35.5. The molecule has 0 atom stereocenters. The number of aromatic nitrogens is 6. The van der Waals surface area contributed by atoms with Gasteiger partial charge in [-0.1, -0.05) is 23.7 Å². The fourth-order valence-electron chi connectivity index (χ4n) is 2.40. The van der Waals surface area contributed by atoms with E-state index in [1.807, 2.05) is 37.5 Å². The Hall–Kier alpha value is -2.93. The highest BCUT2D eigenvalue weighted by Gasteiger charge is 2.14. The summed E-state index contributed by atoms with van der Waals surface area (Å²) in [6.07, 6.45) is 5.40. The topological polar surface area (TPSA) is 86.9 Å². The van der Waals surface area contributed by atoms with Gasteiger partial charge in [0.2, 0.25) is 5.95 Å². The van der Waals surface area contributed by atoms with Gasteiger partial charge in [-0.2, -0.15) is 10.1 Å². The lowest BCUT2D eigenvalue weighted by molar-refractivity contribution is 0.768. The van der Waals surface area contributed by atoms with E-state index in [9.17, 15) is 0 Å². The van der Waals surface area contributed by atoms with E-state index >= 15 is 0 Å². The lowest BCUT2D eigenvalue weighted by Gasteiger charge is -2.05. The van der Waals surface area contributed by atoms with Crippen LogP contribution in [0.25, 0.3) is 28.2 Å². The van der Waals surface area contributed by atoms with Gasteiger partial charge >= 0.3 is 0 Å². The average Bonchev–Trinajstić information content (AvgIpc) is 3.11. The number of benzene rings is 1. The molecule has 0 aliphatic heterocycles. The molecule has 3 aromatic heterocycles. The van der Waals surface area contributed by atoms with Crippen LogP contribution in [-0.2, 0) is 7.05 Å². The van der Waals surface area contributed by atoms with Crippen molar-refractivity contribution in [3.05, 3.63) is 47.9 Å². The summed E-state index contributed by atoms with van der Waals surface area (Å²) >= 11 is 5.95. The van der Waals surface area contributed by atoms with Gasteiger partial charge in [-0.15, -0.1) is 5.10 Å². The SMILES string of the molecule is Cn1cc(-c2nc(-c3ccc(Cl)cc3)cn3nc(N)nc23)cn1. The number of anilines is 1. The predicted octanol–water partition coefficient (Wildman–Crippen LogP) is 2.43. The number of hydrogen-bond donors (Lipinski definition) is 1.